The van der Waals surface area contributed by atoms with E-state index < -0.39 is 23.2 Å². The van der Waals surface area contributed by atoms with Crippen LogP contribution in [0.3, 0.4) is 0 Å². The summed E-state index contributed by atoms with van der Waals surface area (Å²) in [5.74, 6) is -2.65. The van der Waals surface area contributed by atoms with Crippen LogP contribution in [-0.2, 0) is 16.1 Å². The van der Waals surface area contributed by atoms with Gasteiger partial charge in [-0.25, -0.2) is 8.78 Å². The summed E-state index contributed by atoms with van der Waals surface area (Å²) in [4.78, 5) is 26.5. The van der Waals surface area contributed by atoms with Crippen LogP contribution in [0.2, 0.25) is 0 Å². The second kappa shape index (κ2) is 7.79. The standard InChI is InChI=1S/C21H21F2N3O3/c22-16-10-15-18(11-17(16)23)24-21(25-20(15)28)6-8-26(9-7-21)19(27)13-29-12-14-4-2-1-3-5-14/h1-5,10-11,24H,6-9,12-13H2,(H,25,28). The predicted molar refractivity (Wildman–Crippen MR) is 102 cm³/mol. The third-order valence-corrected chi connectivity index (χ3v) is 5.34. The van der Waals surface area contributed by atoms with Crippen molar-refractivity contribution in [1.82, 2.24) is 10.2 Å². The first-order valence-electron chi connectivity index (χ1n) is 9.45. The molecule has 2 aliphatic heterocycles. The van der Waals surface area contributed by atoms with Crippen molar-refractivity contribution in [2.45, 2.75) is 25.1 Å². The first kappa shape index (κ1) is 19.3. The average Bonchev–Trinajstić information content (AvgIpc) is 2.71. The molecule has 0 unspecified atom stereocenters. The molecule has 2 amide bonds. The van der Waals surface area contributed by atoms with Crippen LogP contribution in [0.1, 0.15) is 28.8 Å². The molecule has 0 bridgehead atoms. The van der Waals surface area contributed by atoms with E-state index in [4.69, 9.17) is 4.74 Å². The molecule has 0 saturated carbocycles. The minimum absolute atomic E-state index is 0.0188. The molecule has 1 saturated heterocycles. The number of hydrogen-bond donors (Lipinski definition) is 2. The lowest BCUT2D eigenvalue weighted by atomic mass is 9.92. The Morgan fingerprint density at radius 1 is 1.07 bits per heavy atom. The lowest BCUT2D eigenvalue weighted by Gasteiger charge is -2.45. The molecule has 0 aliphatic carbocycles. The number of benzene rings is 2. The summed E-state index contributed by atoms with van der Waals surface area (Å²) in [6, 6.07) is 11.5. The van der Waals surface area contributed by atoms with Crippen molar-refractivity contribution < 1.29 is 23.1 Å². The Labute approximate surface area is 166 Å². The van der Waals surface area contributed by atoms with Gasteiger partial charge in [0.15, 0.2) is 11.6 Å². The van der Waals surface area contributed by atoms with Gasteiger partial charge in [-0.3, -0.25) is 9.59 Å². The Hall–Kier alpha value is -3.00. The molecule has 2 aliphatic rings. The smallest absolute Gasteiger partial charge is 0.255 e. The summed E-state index contributed by atoms with van der Waals surface area (Å²) in [5.41, 5.74) is 0.547. The summed E-state index contributed by atoms with van der Waals surface area (Å²) < 4.78 is 32.5. The van der Waals surface area contributed by atoms with Crippen LogP contribution in [-0.4, -0.2) is 42.1 Å². The first-order chi connectivity index (χ1) is 14.0. The van der Waals surface area contributed by atoms with Crippen LogP contribution >= 0.6 is 0 Å². The first-order valence-corrected chi connectivity index (χ1v) is 9.45. The average molecular weight is 401 g/mol. The van der Waals surface area contributed by atoms with Gasteiger partial charge in [-0.05, 0) is 11.6 Å². The minimum atomic E-state index is -1.06. The summed E-state index contributed by atoms with van der Waals surface area (Å²) in [7, 11) is 0. The highest BCUT2D eigenvalue weighted by Gasteiger charge is 2.41. The maximum absolute atomic E-state index is 13.6. The molecule has 0 atom stereocenters. The maximum atomic E-state index is 13.6. The van der Waals surface area contributed by atoms with Gasteiger partial charge in [0.2, 0.25) is 5.91 Å². The van der Waals surface area contributed by atoms with Crippen molar-refractivity contribution in [3.05, 3.63) is 65.2 Å². The van der Waals surface area contributed by atoms with Crippen molar-refractivity contribution in [2.75, 3.05) is 25.0 Å². The van der Waals surface area contributed by atoms with Crippen molar-refractivity contribution in [3.8, 4) is 0 Å². The number of rotatable bonds is 4. The number of likely N-dealkylation sites (tertiary alicyclic amines) is 1. The van der Waals surface area contributed by atoms with Gasteiger partial charge in [-0.15, -0.1) is 0 Å². The SMILES string of the molecule is O=C1NC2(CCN(C(=O)COCc3ccccc3)CC2)Nc2cc(F)c(F)cc21. The van der Waals surface area contributed by atoms with E-state index in [0.29, 0.717) is 32.5 Å². The normalized spacial score (nSPS) is 17.4. The number of ether oxygens (including phenoxy) is 1. The van der Waals surface area contributed by atoms with E-state index in [0.717, 1.165) is 17.7 Å². The van der Waals surface area contributed by atoms with E-state index in [-0.39, 0.29) is 23.8 Å². The van der Waals surface area contributed by atoms with E-state index in [1.165, 1.54) is 0 Å². The number of anilines is 1. The molecule has 1 spiro atoms. The minimum Gasteiger partial charge on any atom is -0.367 e. The fourth-order valence-electron chi connectivity index (χ4n) is 3.72. The number of halogens is 2. The molecule has 1 fully saturated rings. The molecule has 2 N–H and O–H groups in total. The zero-order valence-electron chi connectivity index (χ0n) is 15.7. The lowest BCUT2D eigenvalue weighted by molar-refractivity contribution is -0.138. The van der Waals surface area contributed by atoms with Gasteiger partial charge >= 0.3 is 0 Å². The van der Waals surface area contributed by atoms with Crippen LogP contribution < -0.4 is 10.6 Å². The molecule has 0 radical (unpaired) electrons. The zero-order chi connectivity index (χ0) is 20.4. The van der Waals surface area contributed by atoms with E-state index in [1.807, 2.05) is 30.3 Å². The molecule has 2 aromatic carbocycles. The monoisotopic (exact) mass is 401 g/mol. The second-order valence-electron chi connectivity index (χ2n) is 7.33. The van der Waals surface area contributed by atoms with Crippen LogP contribution in [0.4, 0.5) is 14.5 Å². The number of piperidine rings is 1. The van der Waals surface area contributed by atoms with E-state index >= 15 is 0 Å². The summed E-state index contributed by atoms with van der Waals surface area (Å²) in [6.45, 7) is 1.18. The van der Waals surface area contributed by atoms with E-state index in [1.54, 1.807) is 4.90 Å². The molecular weight excluding hydrogens is 380 g/mol. The van der Waals surface area contributed by atoms with E-state index in [9.17, 15) is 18.4 Å². The Bertz CT molecular complexity index is 928. The quantitative estimate of drug-likeness (QED) is 0.827. The second-order valence-corrected chi connectivity index (χ2v) is 7.33. The summed E-state index contributed by atoms with van der Waals surface area (Å²) in [6.07, 6.45) is 0.892. The molecule has 2 heterocycles. The van der Waals surface area contributed by atoms with Gasteiger partial charge in [0.05, 0.1) is 17.9 Å². The fraction of sp³-hybridized carbons (Fsp3) is 0.333. The van der Waals surface area contributed by atoms with Crippen LogP contribution in [0, 0.1) is 11.6 Å². The maximum Gasteiger partial charge on any atom is 0.255 e. The Morgan fingerprint density at radius 2 is 1.76 bits per heavy atom. The van der Waals surface area contributed by atoms with Gasteiger partial charge < -0.3 is 20.3 Å². The van der Waals surface area contributed by atoms with Crippen LogP contribution in [0.5, 0.6) is 0 Å². The summed E-state index contributed by atoms with van der Waals surface area (Å²) >= 11 is 0. The Morgan fingerprint density at radius 3 is 2.48 bits per heavy atom. The topological polar surface area (TPSA) is 70.7 Å². The van der Waals surface area contributed by atoms with Crippen molar-refractivity contribution in [1.29, 1.82) is 0 Å². The molecule has 0 aromatic heterocycles. The van der Waals surface area contributed by atoms with Gasteiger partial charge in [0.1, 0.15) is 12.3 Å². The number of carbonyl (C=O) groups is 2. The number of fused-ring (bicyclic) bond motifs is 1. The highest BCUT2D eigenvalue weighted by Crippen LogP contribution is 2.32. The molecule has 8 heteroatoms. The van der Waals surface area contributed by atoms with Gasteiger partial charge in [-0.2, -0.15) is 0 Å². The molecule has 6 nitrogen and oxygen atoms in total. The number of hydrogen-bond acceptors (Lipinski definition) is 4. The van der Waals surface area contributed by atoms with Gasteiger partial charge in [0, 0.05) is 32.0 Å². The Balaban J connectivity index is 1.33. The number of amides is 2. The lowest BCUT2D eigenvalue weighted by Crippen LogP contribution is -2.63. The van der Waals surface area contributed by atoms with Gasteiger partial charge in [-0.1, -0.05) is 30.3 Å². The zero-order valence-corrected chi connectivity index (χ0v) is 15.7. The highest BCUT2D eigenvalue weighted by molar-refractivity contribution is 6.02. The molecular formula is C21H21F2N3O3. The molecule has 152 valence electrons. The fourth-order valence-corrected chi connectivity index (χ4v) is 3.72. The van der Waals surface area contributed by atoms with Crippen molar-refractivity contribution >= 4 is 17.5 Å². The van der Waals surface area contributed by atoms with Crippen LogP contribution in [0.25, 0.3) is 0 Å². The predicted octanol–water partition coefficient (Wildman–Crippen LogP) is 2.66. The van der Waals surface area contributed by atoms with Crippen molar-refractivity contribution in [2.24, 2.45) is 0 Å². The van der Waals surface area contributed by atoms with Gasteiger partial charge in [0.25, 0.3) is 5.91 Å². The third-order valence-electron chi connectivity index (χ3n) is 5.34. The van der Waals surface area contributed by atoms with Crippen LogP contribution in [0.15, 0.2) is 42.5 Å². The number of nitrogens with zero attached hydrogens (tertiary/aromatic N) is 1. The summed E-state index contributed by atoms with van der Waals surface area (Å²) in [5, 5.41) is 5.98. The van der Waals surface area contributed by atoms with E-state index in [2.05, 4.69) is 10.6 Å². The third kappa shape index (κ3) is 4.07. The Kier molecular flexibility index (Phi) is 5.19. The molecule has 29 heavy (non-hydrogen) atoms. The molecule has 2 aromatic rings. The molecule has 4 rings (SSSR count). The largest absolute Gasteiger partial charge is 0.367 e. The number of carbonyl (C=O) groups excluding carboxylic acids is 2. The van der Waals surface area contributed by atoms with Crippen molar-refractivity contribution in [3.63, 3.8) is 0 Å². The highest BCUT2D eigenvalue weighted by atomic mass is 19.2. The number of nitrogens with one attached hydrogen (secondary N) is 2.